The minimum atomic E-state index is -0.905. The number of nitriles is 1. The van der Waals surface area contributed by atoms with Crippen molar-refractivity contribution in [1.29, 1.82) is 5.26 Å². The van der Waals surface area contributed by atoms with Gasteiger partial charge in [-0.3, -0.25) is 4.79 Å². The number of alkyl halides is 1. The quantitative estimate of drug-likeness (QED) is 0.389. The van der Waals surface area contributed by atoms with E-state index in [-0.39, 0.29) is 11.7 Å². The zero-order valence-corrected chi connectivity index (χ0v) is 9.98. The summed E-state index contributed by atoms with van der Waals surface area (Å²) < 4.78 is 0. The van der Waals surface area contributed by atoms with Crippen LogP contribution in [-0.2, 0) is 4.79 Å². The second-order valence-electron chi connectivity index (χ2n) is 4.51. The Balaban J connectivity index is 2.84. The average Bonchev–Trinajstić information content (AvgIpc) is 2.22. The summed E-state index contributed by atoms with van der Waals surface area (Å²) in [5.41, 5.74) is -0.534. The Hall–Kier alpha value is -0.990. The lowest BCUT2D eigenvalue weighted by molar-refractivity contribution is -0.116. The summed E-state index contributed by atoms with van der Waals surface area (Å²) in [5.74, 6) is 5.27. The van der Waals surface area contributed by atoms with Crippen molar-refractivity contribution in [1.82, 2.24) is 0 Å². The Bertz CT molecular complexity index is 385. The second kappa shape index (κ2) is 3.87. The van der Waals surface area contributed by atoms with Gasteiger partial charge in [0.15, 0.2) is 0 Å². The summed E-state index contributed by atoms with van der Waals surface area (Å²) in [4.78, 5) is 10.4. The maximum Gasteiger partial charge on any atom is 0.207 e. The van der Waals surface area contributed by atoms with E-state index in [1.807, 2.05) is 6.92 Å². The fourth-order valence-electron chi connectivity index (χ4n) is 1.40. The van der Waals surface area contributed by atoms with E-state index in [1.54, 1.807) is 13.8 Å². The van der Waals surface area contributed by atoms with Crippen LogP contribution >= 0.6 is 11.6 Å². The van der Waals surface area contributed by atoms with Crippen molar-refractivity contribution in [3.05, 3.63) is 0 Å². The van der Waals surface area contributed by atoms with Gasteiger partial charge < -0.3 is 0 Å². The van der Waals surface area contributed by atoms with Crippen LogP contribution in [0.2, 0.25) is 0 Å². The standard InChI is InChI=1S/C12H14ClNO/c1-9(2)10(15)4-5-11(3)6-7-12(11,13)8-14/h9H,6-7H2,1-3H3/t11-,12+/m1/s1. The summed E-state index contributed by atoms with van der Waals surface area (Å²) in [6.45, 7) is 5.45. The molecule has 2 nitrogen and oxygen atoms in total. The van der Waals surface area contributed by atoms with Crippen LogP contribution in [0.5, 0.6) is 0 Å². The third-order valence-electron chi connectivity index (χ3n) is 3.01. The van der Waals surface area contributed by atoms with Gasteiger partial charge in [0.25, 0.3) is 0 Å². The van der Waals surface area contributed by atoms with Gasteiger partial charge in [-0.25, -0.2) is 0 Å². The molecule has 1 saturated carbocycles. The van der Waals surface area contributed by atoms with Crippen molar-refractivity contribution in [3.63, 3.8) is 0 Å². The molecule has 0 aliphatic heterocycles. The van der Waals surface area contributed by atoms with Gasteiger partial charge in [-0.15, -0.1) is 11.6 Å². The average molecular weight is 224 g/mol. The third kappa shape index (κ3) is 2.01. The molecule has 0 amide bonds. The van der Waals surface area contributed by atoms with Crippen LogP contribution in [0.15, 0.2) is 0 Å². The molecule has 3 heteroatoms. The molecule has 1 fully saturated rings. The smallest absolute Gasteiger partial charge is 0.207 e. The van der Waals surface area contributed by atoms with Crippen molar-refractivity contribution in [2.24, 2.45) is 11.3 Å². The lowest BCUT2D eigenvalue weighted by atomic mass is 9.61. The molecular weight excluding hydrogens is 210 g/mol. The van der Waals surface area contributed by atoms with Crippen molar-refractivity contribution in [2.75, 3.05) is 0 Å². The molecular formula is C12H14ClNO. The molecule has 0 aromatic rings. The monoisotopic (exact) mass is 223 g/mol. The summed E-state index contributed by atoms with van der Waals surface area (Å²) in [5, 5.41) is 8.92. The third-order valence-corrected chi connectivity index (χ3v) is 3.70. The van der Waals surface area contributed by atoms with Crippen LogP contribution in [0.1, 0.15) is 33.6 Å². The van der Waals surface area contributed by atoms with Crippen molar-refractivity contribution < 1.29 is 4.79 Å². The normalized spacial score (nSPS) is 33.6. The van der Waals surface area contributed by atoms with Crippen molar-refractivity contribution >= 4 is 17.4 Å². The number of hydrogen-bond donors (Lipinski definition) is 0. The minimum Gasteiger partial charge on any atom is -0.285 e. The van der Waals surface area contributed by atoms with Gasteiger partial charge in [-0.1, -0.05) is 19.8 Å². The molecule has 0 saturated heterocycles. The van der Waals surface area contributed by atoms with Crippen LogP contribution in [0.3, 0.4) is 0 Å². The highest BCUT2D eigenvalue weighted by atomic mass is 35.5. The molecule has 0 N–H and O–H groups in total. The fraction of sp³-hybridized carbons (Fsp3) is 0.667. The SMILES string of the molecule is CC(C)C(=O)C#C[C@]1(C)CC[C@]1(Cl)C#N. The number of halogens is 1. The van der Waals surface area contributed by atoms with Crippen molar-refractivity contribution in [2.45, 2.75) is 38.5 Å². The summed E-state index contributed by atoms with van der Waals surface area (Å²) in [6, 6.07) is 2.07. The van der Waals surface area contributed by atoms with Gasteiger partial charge in [0.2, 0.25) is 5.78 Å². The summed E-state index contributed by atoms with van der Waals surface area (Å²) in [6.07, 6.45) is 1.43. The van der Waals surface area contributed by atoms with E-state index in [9.17, 15) is 4.79 Å². The van der Waals surface area contributed by atoms with Gasteiger partial charge in [0, 0.05) is 5.92 Å². The number of rotatable bonds is 1. The van der Waals surface area contributed by atoms with Gasteiger partial charge in [-0.05, 0) is 25.7 Å². The number of ketones is 1. The first-order chi connectivity index (χ1) is 6.84. The highest BCUT2D eigenvalue weighted by Gasteiger charge is 2.55. The first kappa shape index (κ1) is 12.1. The number of nitrogens with zero attached hydrogens (tertiary/aromatic N) is 1. The lowest BCUT2D eigenvalue weighted by Crippen LogP contribution is -2.49. The van der Waals surface area contributed by atoms with Gasteiger partial charge >= 0.3 is 0 Å². The molecule has 15 heavy (non-hydrogen) atoms. The summed E-state index contributed by atoms with van der Waals surface area (Å²) >= 11 is 6.09. The Morgan fingerprint density at radius 3 is 2.40 bits per heavy atom. The highest BCUT2D eigenvalue weighted by molar-refractivity contribution is 6.27. The molecule has 0 aromatic carbocycles. The van der Waals surface area contributed by atoms with Crippen LogP contribution in [-0.4, -0.2) is 10.7 Å². The predicted molar refractivity (Wildman–Crippen MR) is 59.2 cm³/mol. The molecule has 2 atom stereocenters. The maximum atomic E-state index is 11.3. The number of Topliss-reactive ketones (excluding diaryl/α,β-unsaturated/α-hetero) is 1. The molecule has 0 aromatic heterocycles. The lowest BCUT2D eigenvalue weighted by Gasteiger charge is -2.45. The molecule has 80 valence electrons. The number of carbonyl (C=O) groups excluding carboxylic acids is 1. The van der Waals surface area contributed by atoms with Gasteiger partial charge in [0.05, 0.1) is 11.5 Å². The second-order valence-corrected chi connectivity index (χ2v) is 5.16. The molecule has 0 heterocycles. The highest BCUT2D eigenvalue weighted by Crippen LogP contribution is 2.53. The predicted octanol–water partition coefficient (Wildman–Crippen LogP) is 2.52. The molecule has 1 aliphatic rings. The van der Waals surface area contributed by atoms with Crippen LogP contribution in [0.25, 0.3) is 0 Å². The van der Waals surface area contributed by atoms with E-state index in [2.05, 4.69) is 17.9 Å². The number of carbonyl (C=O) groups is 1. The molecule has 1 aliphatic carbocycles. The Labute approximate surface area is 95.6 Å². The zero-order chi connectivity index (χ0) is 11.7. The van der Waals surface area contributed by atoms with E-state index in [0.717, 1.165) is 6.42 Å². The Morgan fingerprint density at radius 2 is 2.07 bits per heavy atom. The first-order valence-electron chi connectivity index (χ1n) is 5.02. The van der Waals surface area contributed by atoms with E-state index >= 15 is 0 Å². The molecule has 0 unspecified atom stereocenters. The molecule has 1 rings (SSSR count). The fourth-order valence-corrected chi connectivity index (χ4v) is 1.64. The van der Waals surface area contributed by atoms with E-state index in [1.165, 1.54) is 0 Å². The Kier molecular flexibility index (Phi) is 3.12. The molecule has 0 radical (unpaired) electrons. The summed E-state index contributed by atoms with van der Waals surface area (Å²) in [7, 11) is 0. The van der Waals surface area contributed by atoms with Crippen LogP contribution in [0, 0.1) is 34.5 Å². The minimum absolute atomic E-state index is 0.0898. The van der Waals surface area contributed by atoms with Crippen LogP contribution in [0.4, 0.5) is 0 Å². The van der Waals surface area contributed by atoms with Gasteiger partial charge in [-0.2, -0.15) is 5.26 Å². The van der Waals surface area contributed by atoms with E-state index < -0.39 is 10.3 Å². The van der Waals surface area contributed by atoms with Crippen LogP contribution < -0.4 is 0 Å². The topological polar surface area (TPSA) is 40.9 Å². The number of hydrogen-bond acceptors (Lipinski definition) is 2. The Morgan fingerprint density at radius 1 is 1.47 bits per heavy atom. The maximum absolute atomic E-state index is 11.3. The zero-order valence-electron chi connectivity index (χ0n) is 9.22. The van der Waals surface area contributed by atoms with Gasteiger partial charge in [0.1, 0.15) is 4.87 Å². The largest absolute Gasteiger partial charge is 0.285 e. The van der Waals surface area contributed by atoms with Crippen molar-refractivity contribution in [3.8, 4) is 17.9 Å². The first-order valence-corrected chi connectivity index (χ1v) is 5.40. The molecule has 0 bridgehead atoms. The van der Waals surface area contributed by atoms with E-state index in [4.69, 9.17) is 16.9 Å². The van der Waals surface area contributed by atoms with E-state index in [0.29, 0.717) is 6.42 Å². The molecule has 0 spiro atoms.